The molecule has 3 heterocycles. The van der Waals surface area contributed by atoms with Crippen molar-refractivity contribution in [3.63, 3.8) is 0 Å². The first kappa shape index (κ1) is 17.0. The summed E-state index contributed by atoms with van der Waals surface area (Å²) in [5.41, 5.74) is 3.89. The van der Waals surface area contributed by atoms with E-state index in [9.17, 15) is 4.79 Å². The van der Waals surface area contributed by atoms with Crippen molar-refractivity contribution < 1.29 is 9.53 Å². The summed E-state index contributed by atoms with van der Waals surface area (Å²) >= 11 is 0. The Morgan fingerprint density at radius 2 is 2.08 bits per heavy atom. The molecule has 2 fully saturated rings. The van der Waals surface area contributed by atoms with Gasteiger partial charge in [0.2, 0.25) is 11.9 Å². The van der Waals surface area contributed by atoms with E-state index >= 15 is 0 Å². The smallest absolute Gasteiger partial charge is 0.246 e. The van der Waals surface area contributed by atoms with Crippen molar-refractivity contribution in [2.45, 2.75) is 32.9 Å². The molecule has 1 unspecified atom stereocenters. The van der Waals surface area contributed by atoms with Crippen molar-refractivity contribution >= 4 is 11.9 Å². The second-order valence-corrected chi connectivity index (χ2v) is 7.02. The number of tetrazole rings is 1. The summed E-state index contributed by atoms with van der Waals surface area (Å²) in [5, 5.41) is 12.2. The highest BCUT2D eigenvalue weighted by molar-refractivity contribution is 5.82. The number of hydrogen-bond donors (Lipinski definition) is 0. The largest absolute Gasteiger partial charge is 0.377 e. The van der Waals surface area contributed by atoms with Crippen LogP contribution in [0.4, 0.5) is 5.95 Å². The minimum atomic E-state index is 0.0776. The fraction of sp³-hybridized carbons (Fsp3) is 0.556. The maximum absolute atomic E-state index is 12.5. The van der Waals surface area contributed by atoms with Crippen molar-refractivity contribution in [2.24, 2.45) is 0 Å². The molecule has 2 aromatic rings. The number of rotatable bonds is 4. The zero-order valence-electron chi connectivity index (χ0n) is 15.3. The number of benzene rings is 1. The lowest BCUT2D eigenvalue weighted by atomic mass is 10.0. The van der Waals surface area contributed by atoms with Gasteiger partial charge in [0.1, 0.15) is 6.54 Å². The summed E-state index contributed by atoms with van der Waals surface area (Å²) in [6.07, 6.45) is 0.858. The minimum absolute atomic E-state index is 0.0776. The lowest BCUT2D eigenvalue weighted by Gasteiger charge is -2.43. The summed E-state index contributed by atoms with van der Waals surface area (Å²) in [4.78, 5) is 16.4. The molecule has 0 N–H and O–H groups in total. The fourth-order valence-corrected chi connectivity index (χ4v) is 3.89. The number of aromatic nitrogens is 4. The van der Waals surface area contributed by atoms with E-state index in [1.807, 2.05) is 9.80 Å². The van der Waals surface area contributed by atoms with Crippen LogP contribution in [0.5, 0.6) is 0 Å². The molecule has 4 rings (SSSR count). The molecule has 1 atom stereocenters. The number of amides is 1. The number of carbonyl (C=O) groups excluding carboxylic acids is 1. The molecule has 1 aromatic carbocycles. The van der Waals surface area contributed by atoms with Crippen molar-refractivity contribution in [1.82, 2.24) is 25.1 Å². The van der Waals surface area contributed by atoms with Crippen LogP contribution in [0.2, 0.25) is 0 Å². The summed E-state index contributed by atoms with van der Waals surface area (Å²) in [7, 11) is 0. The summed E-state index contributed by atoms with van der Waals surface area (Å²) in [6.45, 7) is 7.84. The molecule has 2 aliphatic rings. The van der Waals surface area contributed by atoms with E-state index in [0.717, 1.165) is 6.42 Å². The van der Waals surface area contributed by atoms with Crippen LogP contribution < -0.4 is 4.90 Å². The van der Waals surface area contributed by atoms with Gasteiger partial charge in [0.15, 0.2) is 0 Å². The predicted octanol–water partition coefficient (Wildman–Crippen LogP) is 0.580. The second kappa shape index (κ2) is 7.03. The molecule has 0 spiro atoms. The van der Waals surface area contributed by atoms with Gasteiger partial charge in [-0.05, 0) is 47.4 Å². The number of fused-ring (bicyclic) bond motifs is 1. The number of carbonyl (C=O) groups is 1. The van der Waals surface area contributed by atoms with Crippen LogP contribution in [0.3, 0.4) is 0 Å². The van der Waals surface area contributed by atoms with Crippen LogP contribution in [0.1, 0.15) is 16.7 Å². The number of anilines is 1. The van der Waals surface area contributed by atoms with Crippen LogP contribution in [-0.2, 0) is 22.5 Å². The number of ether oxygens (including phenoxy) is 1. The Balaban J connectivity index is 1.49. The van der Waals surface area contributed by atoms with Gasteiger partial charge in [-0.15, -0.1) is 0 Å². The van der Waals surface area contributed by atoms with Gasteiger partial charge in [0, 0.05) is 13.1 Å². The Bertz CT molecular complexity index is 784. The van der Waals surface area contributed by atoms with Gasteiger partial charge in [-0.1, -0.05) is 23.3 Å². The van der Waals surface area contributed by atoms with Crippen molar-refractivity contribution in [1.29, 1.82) is 0 Å². The molecular weight excluding hydrogens is 332 g/mol. The molecule has 8 heteroatoms. The molecule has 0 bridgehead atoms. The Morgan fingerprint density at radius 1 is 1.27 bits per heavy atom. The van der Waals surface area contributed by atoms with Gasteiger partial charge in [-0.2, -0.15) is 0 Å². The first-order valence-corrected chi connectivity index (χ1v) is 9.07. The maximum Gasteiger partial charge on any atom is 0.246 e. The topological polar surface area (TPSA) is 76.4 Å². The third-order valence-electron chi connectivity index (χ3n) is 5.32. The summed E-state index contributed by atoms with van der Waals surface area (Å²) in [5.74, 6) is 0.781. The molecule has 1 aromatic heterocycles. The maximum atomic E-state index is 12.5. The van der Waals surface area contributed by atoms with E-state index in [-0.39, 0.29) is 11.9 Å². The molecule has 138 valence electrons. The number of morpholine rings is 1. The highest BCUT2D eigenvalue weighted by Crippen LogP contribution is 2.20. The number of aryl methyl sites for hydroxylation is 3. The Labute approximate surface area is 152 Å². The first-order valence-electron chi connectivity index (χ1n) is 9.07. The standard InChI is InChI=1S/C18H24N6O2/c1-13-4-3-5-14(2)16(13)6-7-24-18(19-20-21-24)22-10-15-12-26-9-8-23(15)17(25)11-22/h3-5,15H,6-12H2,1-2H3. The molecule has 1 amide bonds. The van der Waals surface area contributed by atoms with Gasteiger partial charge in [0.25, 0.3) is 0 Å². The molecule has 0 aliphatic carbocycles. The van der Waals surface area contributed by atoms with Crippen LogP contribution in [0, 0.1) is 13.8 Å². The zero-order valence-corrected chi connectivity index (χ0v) is 15.3. The Hall–Kier alpha value is -2.48. The van der Waals surface area contributed by atoms with Crippen molar-refractivity contribution in [3.8, 4) is 0 Å². The van der Waals surface area contributed by atoms with Gasteiger partial charge in [0.05, 0.1) is 25.8 Å². The van der Waals surface area contributed by atoms with Crippen LogP contribution >= 0.6 is 0 Å². The van der Waals surface area contributed by atoms with E-state index < -0.39 is 0 Å². The van der Waals surface area contributed by atoms with E-state index in [1.165, 1.54) is 16.7 Å². The lowest BCUT2D eigenvalue weighted by molar-refractivity contribution is -0.140. The van der Waals surface area contributed by atoms with Crippen LogP contribution in [-0.4, -0.2) is 69.9 Å². The molecule has 26 heavy (non-hydrogen) atoms. The highest BCUT2D eigenvalue weighted by atomic mass is 16.5. The summed E-state index contributed by atoms with van der Waals surface area (Å²) < 4.78 is 7.34. The first-order chi connectivity index (χ1) is 12.6. The van der Waals surface area contributed by atoms with Gasteiger partial charge in [-0.3, -0.25) is 4.79 Å². The Kier molecular flexibility index (Phi) is 4.58. The fourth-order valence-electron chi connectivity index (χ4n) is 3.89. The number of hydrogen-bond acceptors (Lipinski definition) is 6. The molecular formula is C18H24N6O2. The van der Waals surface area contributed by atoms with E-state index in [4.69, 9.17) is 4.74 Å². The molecule has 8 nitrogen and oxygen atoms in total. The number of nitrogens with zero attached hydrogens (tertiary/aromatic N) is 6. The quantitative estimate of drug-likeness (QED) is 0.798. The zero-order chi connectivity index (χ0) is 18.1. The average molecular weight is 356 g/mol. The third-order valence-corrected chi connectivity index (χ3v) is 5.32. The van der Waals surface area contributed by atoms with Crippen molar-refractivity contribution in [2.75, 3.05) is 37.7 Å². The van der Waals surface area contributed by atoms with E-state index in [1.54, 1.807) is 4.68 Å². The normalized spacial score (nSPS) is 20.4. The molecule has 0 radical (unpaired) electrons. The van der Waals surface area contributed by atoms with Crippen LogP contribution in [0.15, 0.2) is 18.2 Å². The molecule has 2 saturated heterocycles. The van der Waals surface area contributed by atoms with Crippen LogP contribution in [0.25, 0.3) is 0 Å². The monoisotopic (exact) mass is 356 g/mol. The summed E-state index contributed by atoms with van der Waals surface area (Å²) in [6, 6.07) is 6.41. The SMILES string of the molecule is Cc1cccc(C)c1CCn1nnnc1N1CC(=O)N2CCOCC2C1. The molecule has 2 aliphatic heterocycles. The van der Waals surface area contributed by atoms with Gasteiger partial charge < -0.3 is 14.5 Å². The van der Waals surface area contributed by atoms with E-state index in [2.05, 4.69) is 47.6 Å². The minimum Gasteiger partial charge on any atom is -0.377 e. The Morgan fingerprint density at radius 3 is 2.88 bits per heavy atom. The van der Waals surface area contributed by atoms with Gasteiger partial charge >= 0.3 is 0 Å². The van der Waals surface area contributed by atoms with Crippen molar-refractivity contribution in [3.05, 3.63) is 34.9 Å². The van der Waals surface area contributed by atoms with E-state index in [0.29, 0.717) is 45.3 Å². The van der Waals surface area contributed by atoms with Gasteiger partial charge in [-0.25, -0.2) is 4.68 Å². The average Bonchev–Trinajstić information content (AvgIpc) is 3.10. The predicted molar refractivity (Wildman–Crippen MR) is 96.0 cm³/mol. The third kappa shape index (κ3) is 3.16. The highest BCUT2D eigenvalue weighted by Gasteiger charge is 2.36. The second-order valence-electron chi connectivity index (χ2n) is 7.02. The molecule has 0 saturated carbocycles. The number of piperazine rings is 1. The lowest BCUT2D eigenvalue weighted by Crippen LogP contribution is -2.61.